The molecule has 1 saturated heterocycles. The van der Waals surface area contributed by atoms with Crippen LogP contribution in [0.5, 0.6) is 0 Å². The number of para-hydroxylation sites is 1. The number of hydrogen-bond donors (Lipinski definition) is 2. The fourth-order valence-corrected chi connectivity index (χ4v) is 4.31. The molecule has 4 rings (SSSR count). The summed E-state index contributed by atoms with van der Waals surface area (Å²) in [6, 6.07) is 17.6. The summed E-state index contributed by atoms with van der Waals surface area (Å²) in [5.74, 6) is 1.40. The third-order valence-corrected chi connectivity index (χ3v) is 6.20. The maximum absolute atomic E-state index is 5.76. The normalized spacial score (nSPS) is 17.5. The average Bonchev–Trinajstić information content (AvgIpc) is 3.49. The van der Waals surface area contributed by atoms with E-state index in [0.29, 0.717) is 5.92 Å². The molecule has 2 heterocycles. The maximum atomic E-state index is 5.76. The smallest absolute Gasteiger partial charge is 0.191 e. The fraction of sp³-hybridized carbons (Fsp3) is 0.500. The molecule has 33 heavy (non-hydrogen) atoms. The molecule has 0 aromatic heterocycles. The third-order valence-electron chi connectivity index (χ3n) is 6.20. The van der Waals surface area contributed by atoms with E-state index in [1.165, 1.54) is 22.4 Å². The lowest BCUT2D eigenvalue weighted by Crippen LogP contribution is -2.37. The number of rotatable bonds is 10. The number of anilines is 1. The Balaban J connectivity index is 0.00000306. The van der Waals surface area contributed by atoms with Crippen molar-refractivity contribution in [3.05, 3.63) is 65.2 Å². The van der Waals surface area contributed by atoms with Crippen molar-refractivity contribution in [3.8, 4) is 0 Å². The number of hydrogen-bond acceptors (Lipinski definition) is 4. The summed E-state index contributed by atoms with van der Waals surface area (Å²) < 4.78 is 11.1. The molecule has 0 spiro atoms. The molecular formula is C26H37IN4O2. The Morgan fingerprint density at radius 2 is 1.94 bits per heavy atom. The topological polar surface area (TPSA) is 58.1 Å². The molecule has 0 amide bonds. The largest absolute Gasteiger partial charge is 0.381 e. The van der Waals surface area contributed by atoms with Crippen molar-refractivity contribution in [1.82, 2.24) is 10.6 Å². The highest BCUT2D eigenvalue weighted by molar-refractivity contribution is 14.0. The number of ether oxygens (including phenoxy) is 2. The summed E-state index contributed by atoms with van der Waals surface area (Å²) in [6.45, 7) is 6.97. The van der Waals surface area contributed by atoms with Crippen LogP contribution in [-0.2, 0) is 29.0 Å². The Hall–Kier alpha value is -1.84. The van der Waals surface area contributed by atoms with Gasteiger partial charge >= 0.3 is 0 Å². The average molecular weight is 565 g/mol. The summed E-state index contributed by atoms with van der Waals surface area (Å²) in [5, 5.41) is 6.76. The molecule has 1 fully saturated rings. The molecule has 1 unspecified atom stereocenters. The van der Waals surface area contributed by atoms with E-state index in [9.17, 15) is 0 Å². The van der Waals surface area contributed by atoms with Crippen LogP contribution in [0.2, 0.25) is 0 Å². The number of guanidine groups is 1. The Labute approximate surface area is 215 Å². The van der Waals surface area contributed by atoms with Gasteiger partial charge in [-0.25, -0.2) is 0 Å². The zero-order valence-corrected chi connectivity index (χ0v) is 21.9. The number of nitrogens with one attached hydrogen (secondary N) is 2. The van der Waals surface area contributed by atoms with E-state index in [2.05, 4.69) is 69.1 Å². The van der Waals surface area contributed by atoms with Crippen molar-refractivity contribution in [3.63, 3.8) is 0 Å². The first-order chi connectivity index (χ1) is 15.8. The Morgan fingerprint density at radius 3 is 2.73 bits per heavy atom. The van der Waals surface area contributed by atoms with Crippen molar-refractivity contribution >= 4 is 35.6 Å². The van der Waals surface area contributed by atoms with E-state index < -0.39 is 0 Å². The van der Waals surface area contributed by atoms with Gasteiger partial charge in [0.1, 0.15) is 0 Å². The van der Waals surface area contributed by atoms with Crippen molar-refractivity contribution < 1.29 is 9.47 Å². The van der Waals surface area contributed by atoms with Crippen LogP contribution in [0.25, 0.3) is 0 Å². The lowest BCUT2D eigenvalue weighted by atomic mass is 10.1. The second-order valence-corrected chi connectivity index (χ2v) is 8.63. The zero-order chi connectivity index (χ0) is 22.0. The number of benzene rings is 2. The van der Waals surface area contributed by atoms with Gasteiger partial charge in [0.2, 0.25) is 0 Å². The van der Waals surface area contributed by atoms with Crippen molar-refractivity contribution in [2.24, 2.45) is 10.9 Å². The number of aliphatic imine (C=N–C) groups is 1. The summed E-state index contributed by atoms with van der Waals surface area (Å²) in [7, 11) is 1.81. The molecular weight excluding hydrogens is 527 g/mol. The van der Waals surface area contributed by atoms with E-state index in [1.807, 2.05) is 7.05 Å². The minimum atomic E-state index is 0. The molecule has 2 aliphatic heterocycles. The number of nitrogens with zero attached hydrogens (tertiary/aromatic N) is 2. The standard InChI is InChI=1S/C26H36N4O2.HI/c1-27-26(28-13-4-15-31-19-23-12-16-32-20-23)29-17-21-7-9-22(10-8-21)18-30-14-11-24-5-2-3-6-25(24)30;/h2-3,5-10,23H,4,11-20H2,1H3,(H2,27,28,29);1H. The maximum Gasteiger partial charge on any atom is 0.191 e. The predicted octanol–water partition coefficient (Wildman–Crippen LogP) is 3.98. The molecule has 0 saturated carbocycles. The molecule has 180 valence electrons. The van der Waals surface area contributed by atoms with Crippen LogP contribution in [0.15, 0.2) is 53.5 Å². The minimum Gasteiger partial charge on any atom is -0.381 e. The monoisotopic (exact) mass is 564 g/mol. The molecule has 0 radical (unpaired) electrons. The van der Waals surface area contributed by atoms with Gasteiger partial charge in [0.05, 0.1) is 13.2 Å². The van der Waals surface area contributed by atoms with E-state index in [1.54, 1.807) is 0 Å². The first-order valence-electron chi connectivity index (χ1n) is 11.8. The van der Waals surface area contributed by atoms with Crippen LogP contribution < -0.4 is 15.5 Å². The first kappa shape index (κ1) is 25.8. The SMILES string of the molecule is CN=C(NCCCOCC1CCOC1)NCc1ccc(CN2CCc3ccccc32)cc1.I. The van der Waals surface area contributed by atoms with Crippen LogP contribution in [0.4, 0.5) is 5.69 Å². The predicted molar refractivity (Wildman–Crippen MR) is 146 cm³/mol. The van der Waals surface area contributed by atoms with Crippen LogP contribution >= 0.6 is 24.0 Å². The second kappa shape index (κ2) is 13.8. The van der Waals surface area contributed by atoms with Gasteiger partial charge < -0.3 is 25.0 Å². The molecule has 2 aromatic carbocycles. The molecule has 2 N–H and O–H groups in total. The Kier molecular flexibility index (Phi) is 10.8. The van der Waals surface area contributed by atoms with Gasteiger partial charge in [-0.15, -0.1) is 24.0 Å². The molecule has 6 nitrogen and oxygen atoms in total. The molecule has 1 atom stereocenters. The van der Waals surface area contributed by atoms with Crippen LogP contribution in [-0.4, -0.2) is 52.5 Å². The summed E-state index contributed by atoms with van der Waals surface area (Å²) in [5.41, 5.74) is 5.44. The van der Waals surface area contributed by atoms with Gasteiger partial charge in [-0.2, -0.15) is 0 Å². The molecule has 2 aromatic rings. The van der Waals surface area contributed by atoms with Gasteiger partial charge in [-0.05, 0) is 42.0 Å². The highest BCUT2D eigenvalue weighted by Crippen LogP contribution is 2.28. The Bertz CT molecular complexity index is 869. The van der Waals surface area contributed by atoms with E-state index in [4.69, 9.17) is 9.47 Å². The van der Waals surface area contributed by atoms with Gasteiger partial charge in [-0.1, -0.05) is 42.5 Å². The van der Waals surface area contributed by atoms with Crippen LogP contribution in [0.3, 0.4) is 0 Å². The van der Waals surface area contributed by atoms with Gasteiger partial charge in [-0.3, -0.25) is 4.99 Å². The quantitative estimate of drug-likeness (QED) is 0.198. The number of halogens is 1. The molecule has 0 aliphatic carbocycles. The van der Waals surface area contributed by atoms with Gasteiger partial charge in [0.15, 0.2) is 5.96 Å². The number of fused-ring (bicyclic) bond motifs is 1. The molecule has 7 heteroatoms. The highest BCUT2D eigenvalue weighted by atomic mass is 127. The lowest BCUT2D eigenvalue weighted by molar-refractivity contribution is 0.0888. The molecule has 0 bridgehead atoms. The van der Waals surface area contributed by atoms with E-state index in [-0.39, 0.29) is 24.0 Å². The third kappa shape index (κ3) is 7.86. The van der Waals surface area contributed by atoms with Gasteiger partial charge in [0, 0.05) is 58.0 Å². The fourth-order valence-electron chi connectivity index (χ4n) is 4.31. The Morgan fingerprint density at radius 1 is 1.12 bits per heavy atom. The van der Waals surface area contributed by atoms with E-state index in [0.717, 1.165) is 77.8 Å². The summed E-state index contributed by atoms with van der Waals surface area (Å²) in [4.78, 5) is 6.79. The summed E-state index contributed by atoms with van der Waals surface area (Å²) >= 11 is 0. The molecule has 2 aliphatic rings. The minimum absolute atomic E-state index is 0. The van der Waals surface area contributed by atoms with Crippen molar-refractivity contribution in [1.29, 1.82) is 0 Å². The summed E-state index contributed by atoms with van der Waals surface area (Å²) in [6.07, 6.45) is 3.23. The zero-order valence-electron chi connectivity index (χ0n) is 19.6. The van der Waals surface area contributed by atoms with Crippen molar-refractivity contribution in [2.45, 2.75) is 32.4 Å². The van der Waals surface area contributed by atoms with Gasteiger partial charge in [0.25, 0.3) is 0 Å². The highest BCUT2D eigenvalue weighted by Gasteiger charge is 2.18. The van der Waals surface area contributed by atoms with E-state index >= 15 is 0 Å². The van der Waals surface area contributed by atoms with Crippen molar-refractivity contribution in [2.75, 3.05) is 51.5 Å². The first-order valence-corrected chi connectivity index (χ1v) is 11.8. The lowest BCUT2D eigenvalue weighted by Gasteiger charge is -2.19. The van der Waals surface area contributed by atoms with Crippen LogP contribution in [0.1, 0.15) is 29.5 Å². The second-order valence-electron chi connectivity index (χ2n) is 8.63. The van der Waals surface area contributed by atoms with Crippen LogP contribution in [0, 0.1) is 5.92 Å².